The standard InChI is InChI=1S/C20H26FN3O2/c21-15-6-8-17(9-7-15)24-14-20(12-18(24)25)10-11-23(13-20)19(26)22-16-4-2-1-3-5-16/h6-9,16H,1-5,10-14H2,(H,22,26)/t20-/m1/s1. The predicted molar refractivity (Wildman–Crippen MR) is 97.4 cm³/mol. The van der Waals surface area contributed by atoms with Crippen LogP contribution in [0.2, 0.25) is 0 Å². The van der Waals surface area contributed by atoms with Gasteiger partial charge in [-0.3, -0.25) is 4.79 Å². The highest BCUT2D eigenvalue weighted by Gasteiger charge is 2.48. The Kier molecular flexibility index (Phi) is 4.59. The van der Waals surface area contributed by atoms with Crippen molar-refractivity contribution in [3.63, 3.8) is 0 Å². The molecular weight excluding hydrogens is 333 g/mol. The second-order valence-electron chi connectivity index (χ2n) is 8.09. The van der Waals surface area contributed by atoms with Crippen LogP contribution in [0.4, 0.5) is 14.9 Å². The Morgan fingerprint density at radius 3 is 2.58 bits per heavy atom. The third kappa shape index (κ3) is 3.41. The fourth-order valence-corrected chi connectivity index (χ4v) is 4.65. The van der Waals surface area contributed by atoms with E-state index < -0.39 is 0 Å². The zero-order chi connectivity index (χ0) is 18.1. The summed E-state index contributed by atoms with van der Waals surface area (Å²) in [5.74, 6) is -0.243. The number of carbonyl (C=O) groups is 2. The average molecular weight is 359 g/mol. The van der Waals surface area contributed by atoms with Crippen LogP contribution in [-0.4, -0.2) is 42.5 Å². The molecular formula is C20H26FN3O2. The molecule has 2 saturated heterocycles. The van der Waals surface area contributed by atoms with Gasteiger partial charge in [0.15, 0.2) is 0 Å². The molecule has 1 saturated carbocycles. The van der Waals surface area contributed by atoms with Gasteiger partial charge in [-0.05, 0) is 43.5 Å². The molecule has 1 atom stereocenters. The van der Waals surface area contributed by atoms with E-state index in [0.717, 1.165) is 24.9 Å². The Morgan fingerprint density at radius 1 is 1.12 bits per heavy atom. The first-order chi connectivity index (χ1) is 12.5. The number of rotatable bonds is 2. The molecule has 1 aromatic carbocycles. The molecule has 3 amide bonds. The third-order valence-electron chi connectivity index (χ3n) is 6.12. The highest BCUT2D eigenvalue weighted by Crippen LogP contribution is 2.41. The van der Waals surface area contributed by atoms with Gasteiger partial charge in [-0.1, -0.05) is 19.3 Å². The summed E-state index contributed by atoms with van der Waals surface area (Å²) in [6, 6.07) is 6.37. The van der Waals surface area contributed by atoms with Gasteiger partial charge in [0.25, 0.3) is 0 Å². The van der Waals surface area contributed by atoms with Crippen LogP contribution < -0.4 is 10.2 Å². The predicted octanol–water partition coefficient (Wildman–Crippen LogP) is 3.30. The molecule has 4 rings (SSSR count). The summed E-state index contributed by atoms with van der Waals surface area (Å²) in [4.78, 5) is 28.7. The number of anilines is 1. The molecule has 1 aliphatic carbocycles. The molecule has 1 N–H and O–H groups in total. The van der Waals surface area contributed by atoms with Crippen LogP contribution in [0.3, 0.4) is 0 Å². The van der Waals surface area contributed by atoms with E-state index in [4.69, 9.17) is 0 Å². The van der Waals surface area contributed by atoms with Gasteiger partial charge >= 0.3 is 6.03 Å². The van der Waals surface area contributed by atoms with Gasteiger partial charge in [-0.2, -0.15) is 0 Å². The number of hydrogen-bond donors (Lipinski definition) is 1. The molecule has 1 aromatic rings. The number of benzene rings is 1. The Bertz CT molecular complexity index is 687. The SMILES string of the molecule is O=C(NC1CCCCC1)N1CC[C@@]2(CC(=O)N(c3ccc(F)cc3)C2)C1. The number of hydrogen-bond acceptors (Lipinski definition) is 2. The molecule has 5 nitrogen and oxygen atoms in total. The number of halogens is 1. The highest BCUT2D eigenvalue weighted by molar-refractivity contribution is 5.96. The molecule has 3 fully saturated rings. The zero-order valence-electron chi connectivity index (χ0n) is 15.0. The van der Waals surface area contributed by atoms with E-state index in [1.165, 1.54) is 31.4 Å². The molecule has 140 valence electrons. The van der Waals surface area contributed by atoms with Gasteiger partial charge in [-0.15, -0.1) is 0 Å². The molecule has 0 bridgehead atoms. The summed E-state index contributed by atoms with van der Waals surface area (Å²) in [5, 5.41) is 3.17. The summed E-state index contributed by atoms with van der Waals surface area (Å²) in [5.41, 5.74) is 0.563. The number of nitrogens with zero attached hydrogens (tertiary/aromatic N) is 2. The van der Waals surface area contributed by atoms with Crippen molar-refractivity contribution in [3.8, 4) is 0 Å². The quantitative estimate of drug-likeness (QED) is 0.881. The molecule has 6 heteroatoms. The minimum atomic E-state index is -0.304. The third-order valence-corrected chi connectivity index (χ3v) is 6.12. The smallest absolute Gasteiger partial charge is 0.317 e. The Morgan fingerprint density at radius 2 is 1.85 bits per heavy atom. The molecule has 0 unspecified atom stereocenters. The first-order valence-electron chi connectivity index (χ1n) is 9.66. The largest absolute Gasteiger partial charge is 0.335 e. The lowest BCUT2D eigenvalue weighted by atomic mass is 9.86. The van der Waals surface area contributed by atoms with Crippen LogP contribution in [0.15, 0.2) is 24.3 Å². The van der Waals surface area contributed by atoms with E-state index >= 15 is 0 Å². The van der Waals surface area contributed by atoms with Crippen LogP contribution >= 0.6 is 0 Å². The van der Waals surface area contributed by atoms with Gasteiger partial charge in [0.05, 0.1) is 0 Å². The topological polar surface area (TPSA) is 52.7 Å². The molecule has 0 aromatic heterocycles. The van der Waals surface area contributed by atoms with Gasteiger partial charge < -0.3 is 15.1 Å². The highest BCUT2D eigenvalue weighted by atomic mass is 19.1. The Balaban J connectivity index is 1.38. The molecule has 26 heavy (non-hydrogen) atoms. The van der Waals surface area contributed by atoms with Gasteiger partial charge in [-0.25, -0.2) is 9.18 Å². The van der Waals surface area contributed by atoms with Crippen molar-refractivity contribution >= 4 is 17.6 Å². The number of nitrogens with one attached hydrogen (secondary N) is 1. The van der Waals surface area contributed by atoms with E-state index in [2.05, 4.69) is 5.32 Å². The van der Waals surface area contributed by atoms with Crippen LogP contribution in [0.5, 0.6) is 0 Å². The van der Waals surface area contributed by atoms with Crippen LogP contribution in [-0.2, 0) is 4.79 Å². The number of carbonyl (C=O) groups excluding carboxylic acids is 2. The second kappa shape index (κ2) is 6.89. The maximum Gasteiger partial charge on any atom is 0.317 e. The minimum Gasteiger partial charge on any atom is -0.335 e. The first-order valence-corrected chi connectivity index (χ1v) is 9.66. The summed E-state index contributed by atoms with van der Waals surface area (Å²) < 4.78 is 13.1. The second-order valence-corrected chi connectivity index (χ2v) is 8.09. The van der Waals surface area contributed by atoms with Gasteiger partial charge in [0.1, 0.15) is 5.82 Å². The number of likely N-dealkylation sites (tertiary alicyclic amines) is 1. The zero-order valence-corrected chi connectivity index (χ0v) is 15.0. The van der Waals surface area contributed by atoms with Gasteiger partial charge in [0.2, 0.25) is 5.91 Å². The maximum absolute atomic E-state index is 13.1. The van der Waals surface area contributed by atoms with Crippen molar-refractivity contribution in [3.05, 3.63) is 30.1 Å². The lowest BCUT2D eigenvalue weighted by molar-refractivity contribution is -0.117. The van der Waals surface area contributed by atoms with Crippen molar-refractivity contribution < 1.29 is 14.0 Å². The van der Waals surface area contributed by atoms with Crippen molar-refractivity contribution in [1.29, 1.82) is 0 Å². The summed E-state index contributed by atoms with van der Waals surface area (Å²) in [6.45, 7) is 1.92. The minimum absolute atomic E-state index is 0.0152. The van der Waals surface area contributed by atoms with Crippen LogP contribution in [0.25, 0.3) is 0 Å². The van der Waals surface area contributed by atoms with E-state index in [1.54, 1.807) is 17.0 Å². The molecule has 3 aliphatic rings. The summed E-state index contributed by atoms with van der Waals surface area (Å²) >= 11 is 0. The molecule has 1 spiro atoms. The van der Waals surface area contributed by atoms with E-state index in [-0.39, 0.29) is 23.2 Å². The number of amides is 3. The van der Waals surface area contributed by atoms with Crippen molar-refractivity contribution in [2.45, 2.75) is 51.0 Å². The van der Waals surface area contributed by atoms with Crippen LogP contribution in [0, 0.1) is 11.2 Å². The van der Waals surface area contributed by atoms with Crippen molar-refractivity contribution in [2.75, 3.05) is 24.5 Å². The summed E-state index contributed by atoms with van der Waals surface area (Å²) in [6.07, 6.45) is 7.09. The van der Waals surface area contributed by atoms with E-state index in [0.29, 0.717) is 32.1 Å². The molecule has 2 heterocycles. The summed E-state index contributed by atoms with van der Waals surface area (Å²) in [7, 11) is 0. The van der Waals surface area contributed by atoms with Gasteiger partial charge in [0, 0.05) is 43.2 Å². The van der Waals surface area contributed by atoms with E-state index in [9.17, 15) is 14.0 Å². The van der Waals surface area contributed by atoms with Crippen molar-refractivity contribution in [1.82, 2.24) is 10.2 Å². The Hall–Kier alpha value is -2.11. The number of urea groups is 1. The normalized spacial score (nSPS) is 26.7. The van der Waals surface area contributed by atoms with Crippen LogP contribution in [0.1, 0.15) is 44.9 Å². The fourth-order valence-electron chi connectivity index (χ4n) is 4.65. The maximum atomic E-state index is 13.1. The molecule has 0 radical (unpaired) electrons. The lowest BCUT2D eigenvalue weighted by Crippen LogP contribution is -2.45. The fraction of sp³-hybridized carbons (Fsp3) is 0.600. The Labute approximate surface area is 153 Å². The average Bonchev–Trinajstić information content (AvgIpc) is 3.20. The molecule has 2 aliphatic heterocycles. The van der Waals surface area contributed by atoms with E-state index in [1.807, 2.05) is 4.90 Å². The first kappa shape index (κ1) is 17.3. The van der Waals surface area contributed by atoms with Crippen molar-refractivity contribution in [2.24, 2.45) is 5.41 Å². The lowest BCUT2D eigenvalue weighted by Gasteiger charge is -2.27. The monoisotopic (exact) mass is 359 g/mol.